The molecule has 1 N–H and O–H groups in total. The number of nitrogens with one attached hydrogen (secondary N) is 1. The first-order valence-corrected chi connectivity index (χ1v) is 11.1. The molecular weight excluding hydrogens is 407 g/mol. The van der Waals surface area contributed by atoms with E-state index in [0.29, 0.717) is 29.3 Å². The van der Waals surface area contributed by atoms with Gasteiger partial charge in [0.2, 0.25) is 5.91 Å². The summed E-state index contributed by atoms with van der Waals surface area (Å²) in [5, 5.41) is 6.89. The molecule has 1 aliphatic carbocycles. The monoisotopic (exact) mass is 432 g/mol. The van der Waals surface area contributed by atoms with Crippen LogP contribution in [0.25, 0.3) is 5.69 Å². The molecule has 1 aromatic heterocycles. The predicted molar refractivity (Wildman–Crippen MR) is 119 cm³/mol. The topological polar surface area (TPSA) is 67.2 Å². The second-order valence-corrected chi connectivity index (χ2v) is 8.55. The molecule has 2 aromatic carbocycles. The van der Waals surface area contributed by atoms with Gasteiger partial charge < -0.3 is 10.2 Å². The summed E-state index contributed by atoms with van der Waals surface area (Å²) in [6.45, 7) is 0. The summed E-state index contributed by atoms with van der Waals surface area (Å²) in [7, 11) is 0. The summed E-state index contributed by atoms with van der Waals surface area (Å²) in [5.74, 6) is -0.537. The number of halogens is 1. The average Bonchev–Trinajstić information content (AvgIpc) is 3.47. The number of amides is 2. The number of rotatable bonds is 4. The Balaban J connectivity index is 1.39. The smallest absolute Gasteiger partial charge is 0.254 e. The van der Waals surface area contributed by atoms with Gasteiger partial charge >= 0.3 is 0 Å². The van der Waals surface area contributed by atoms with E-state index in [2.05, 4.69) is 10.4 Å². The Hall–Kier alpha value is -3.48. The van der Waals surface area contributed by atoms with Crippen LogP contribution in [0.2, 0.25) is 0 Å². The second kappa shape index (κ2) is 8.57. The first kappa shape index (κ1) is 20.4. The van der Waals surface area contributed by atoms with Crippen molar-refractivity contribution in [1.82, 2.24) is 14.7 Å². The van der Waals surface area contributed by atoms with Gasteiger partial charge in [0.1, 0.15) is 11.7 Å². The number of aromatic nitrogens is 2. The van der Waals surface area contributed by atoms with Crippen LogP contribution in [0.5, 0.6) is 0 Å². The quantitative estimate of drug-likeness (QED) is 0.664. The molecule has 32 heavy (non-hydrogen) atoms. The Morgan fingerprint density at radius 1 is 1.03 bits per heavy atom. The summed E-state index contributed by atoms with van der Waals surface area (Å²) >= 11 is 0. The molecule has 2 amide bonds. The number of fused-ring (bicyclic) bond motifs is 1. The minimum absolute atomic E-state index is 0.0751. The molecule has 2 aliphatic rings. The van der Waals surface area contributed by atoms with Gasteiger partial charge in [-0.25, -0.2) is 9.07 Å². The third-order valence-electron chi connectivity index (χ3n) is 6.61. The first-order valence-electron chi connectivity index (χ1n) is 11.1. The average molecular weight is 432 g/mol. The van der Waals surface area contributed by atoms with Crippen molar-refractivity contribution < 1.29 is 14.0 Å². The Kier molecular flexibility index (Phi) is 5.47. The lowest BCUT2D eigenvalue weighted by Crippen LogP contribution is -2.47. The fourth-order valence-electron chi connectivity index (χ4n) is 5.12. The van der Waals surface area contributed by atoms with Crippen molar-refractivity contribution in [2.45, 2.75) is 44.2 Å². The van der Waals surface area contributed by atoms with E-state index in [1.165, 1.54) is 10.7 Å². The van der Waals surface area contributed by atoms with Gasteiger partial charge in [-0.05, 0) is 61.6 Å². The highest BCUT2D eigenvalue weighted by molar-refractivity contribution is 6.01. The van der Waals surface area contributed by atoms with E-state index < -0.39 is 11.9 Å². The van der Waals surface area contributed by atoms with Crippen molar-refractivity contribution in [3.05, 3.63) is 78.4 Å². The molecule has 0 spiro atoms. The number of benzene rings is 2. The van der Waals surface area contributed by atoms with E-state index in [-0.39, 0.29) is 17.9 Å². The Bertz CT molecular complexity index is 1120. The molecule has 7 heteroatoms. The van der Waals surface area contributed by atoms with Crippen LogP contribution in [0, 0.1) is 11.7 Å². The van der Waals surface area contributed by atoms with Gasteiger partial charge in [0.15, 0.2) is 5.82 Å². The molecule has 2 heterocycles. The van der Waals surface area contributed by atoms with Crippen molar-refractivity contribution >= 4 is 17.5 Å². The molecule has 3 atom stereocenters. The van der Waals surface area contributed by atoms with Crippen LogP contribution >= 0.6 is 0 Å². The zero-order chi connectivity index (χ0) is 22.1. The van der Waals surface area contributed by atoms with Gasteiger partial charge in [-0.3, -0.25) is 9.59 Å². The summed E-state index contributed by atoms with van der Waals surface area (Å²) < 4.78 is 16.1. The molecule has 0 radical (unpaired) electrons. The molecule has 1 saturated carbocycles. The van der Waals surface area contributed by atoms with E-state index in [9.17, 15) is 14.0 Å². The molecule has 6 nitrogen and oxygen atoms in total. The molecule has 5 rings (SSSR count). The van der Waals surface area contributed by atoms with Crippen molar-refractivity contribution in [3.63, 3.8) is 0 Å². The number of hydrogen-bond donors (Lipinski definition) is 1. The fraction of sp³-hybridized carbons (Fsp3) is 0.320. The van der Waals surface area contributed by atoms with E-state index >= 15 is 0 Å². The molecule has 2 fully saturated rings. The van der Waals surface area contributed by atoms with Crippen LogP contribution in [0.3, 0.4) is 0 Å². The van der Waals surface area contributed by atoms with Crippen LogP contribution < -0.4 is 5.32 Å². The summed E-state index contributed by atoms with van der Waals surface area (Å²) in [6, 6.07) is 14.9. The number of hydrogen-bond acceptors (Lipinski definition) is 3. The number of carbonyl (C=O) groups excluding carboxylic acids is 2. The molecule has 164 valence electrons. The normalized spacial score (nSPS) is 22.4. The third kappa shape index (κ3) is 3.79. The lowest BCUT2D eigenvalue weighted by atomic mass is 9.84. The SMILES string of the molecule is O=C(Nc1ccc(-n2cccn2)c(F)c1)C1CC2CCCCC2N1C(=O)c1ccccc1. The molecule has 1 aliphatic heterocycles. The van der Waals surface area contributed by atoms with Gasteiger partial charge in [0.05, 0.1) is 0 Å². The van der Waals surface area contributed by atoms with Gasteiger partial charge in [-0.2, -0.15) is 5.10 Å². The maximum Gasteiger partial charge on any atom is 0.254 e. The lowest BCUT2D eigenvalue weighted by Gasteiger charge is -2.33. The summed E-state index contributed by atoms with van der Waals surface area (Å²) in [4.78, 5) is 28.4. The fourth-order valence-corrected chi connectivity index (χ4v) is 5.12. The maximum absolute atomic E-state index is 14.6. The van der Waals surface area contributed by atoms with Gasteiger partial charge in [0.25, 0.3) is 5.91 Å². The molecular formula is C25H25FN4O2. The van der Waals surface area contributed by atoms with E-state index in [4.69, 9.17) is 0 Å². The van der Waals surface area contributed by atoms with Crippen LogP contribution in [-0.2, 0) is 4.79 Å². The van der Waals surface area contributed by atoms with Gasteiger partial charge in [-0.1, -0.05) is 31.0 Å². The molecule has 3 unspecified atom stereocenters. The number of anilines is 1. The molecule has 3 aromatic rings. The zero-order valence-corrected chi connectivity index (χ0v) is 17.7. The largest absolute Gasteiger partial charge is 0.324 e. The first-order chi connectivity index (χ1) is 15.6. The third-order valence-corrected chi connectivity index (χ3v) is 6.61. The number of carbonyl (C=O) groups is 2. The van der Waals surface area contributed by atoms with Crippen LogP contribution in [0.15, 0.2) is 67.0 Å². The number of likely N-dealkylation sites (tertiary alicyclic amines) is 1. The predicted octanol–water partition coefficient (Wildman–Crippen LogP) is 4.42. The minimum Gasteiger partial charge on any atom is -0.324 e. The van der Waals surface area contributed by atoms with Gasteiger partial charge in [-0.15, -0.1) is 0 Å². The van der Waals surface area contributed by atoms with Crippen molar-refractivity contribution in [2.24, 2.45) is 5.92 Å². The Labute approximate surface area is 186 Å². The van der Waals surface area contributed by atoms with Gasteiger partial charge in [0, 0.05) is 29.7 Å². The minimum atomic E-state index is -0.565. The highest BCUT2D eigenvalue weighted by Gasteiger charge is 2.47. The highest BCUT2D eigenvalue weighted by atomic mass is 19.1. The van der Waals surface area contributed by atoms with Crippen LogP contribution in [-0.4, -0.2) is 38.6 Å². The van der Waals surface area contributed by atoms with Crippen molar-refractivity contribution in [3.8, 4) is 5.69 Å². The Morgan fingerprint density at radius 3 is 2.59 bits per heavy atom. The van der Waals surface area contributed by atoms with E-state index in [1.54, 1.807) is 47.6 Å². The highest BCUT2D eigenvalue weighted by Crippen LogP contribution is 2.41. The second-order valence-electron chi connectivity index (χ2n) is 8.55. The molecule has 1 saturated heterocycles. The van der Waals surface area contributed by atoms with E-state index in [0.717, 1.165) is 25.7 Å². The standard InChI is InChI=1S/C25H25FN4O2/c26-20-16-19(11-12-22(20)29-14-6-13-27-29)28-24(31)23-15-18-9-4-5-10-21(18)30(23)25(32)17-7-2-1-3-8-17/h1-3,6-8,11-14,16,18,21,23H,4-5,9-10,15H2,(H,28,31). The van der Waals surface area contributed by atoms with Crippen LogP contribution in [0.4, 0.5) is 10.1 Å². The number of nitrogens with zero attached hydrogens (tertiary/aromatic N) is 3. The summed E-state index contributed by atoms with van der Waals surface area (Å²) in [5.41, 5.74) is 1.26. The van der Waals surface area contributed by atoms with Crippen LogP contribution in [0.1, 0.15) is 42.5 Å². The maximum atomic E-state index is 14.6. The summed E-state index contributed by atoms with van der Waals surface area (Å²) in [6.07, 6.45) is 8.01. The van der Waals surface area contributed by atoms with Crippen molar-refractivity contribution in [2.75, 3.05) is 5.32 Å². The van der Waals surface area contributed by atoms with Crippen molar-refractivity contribution in [1.29, 1.82) is 0 Å². The van der Waals surface area contributed by atoms with E-state index in [1.807, 2.05) is 18.2 Å². The Morgan fingerprint density at radius 2 is 1.84 bits per heavy atom. The molecule has 0 bridgehead atoms. The lowest BCUT2D eigenvalue weighted by molar-refractivity contribution is -0.120. The zero-order valence-electron chi connectivity index (χ0n) is 17.7.